The number of amides is 1. The summed E-state index contributed by atoms with van der Waals surface area (Å²) in [4.78, 5) is 14.0. The van der Waals surface area contributed by atoms with Gasteiger partial charge in [-0.1, -0.05) is 30.5 Å². The fraction of sp³-hybridized carbons (Fsp3) is 0.632. The molecule has 0 unspecified atom stereocenters. The van der Waals surface area contributed by atoms with Crippen LogP contribution in [0, 0.1) is 6.92 Å². The van der Waals surface area contributed by atoms with Gasteiger partial charge in [-0.15, -0.1) is 0 Å². The van der Waals surface area contributed by atoms with Crippen LogP contribution in [0.4, 0.5) is 0 Å². The molecule has 1 saturated heterocycles. The van der Waals surface area contributed by atoms with Crippen LogP contribution < -0.4 is 10.2 Å². The van der Waals surface area contributed by atoms with E-state index >= 15 is 0 Å². The summed E-state index contributed by atoms with van der Waals surface area (Å²) in [5, 5.41) is 3.16. The molecule has 1 atom stereocenters. The first-order chi connectivity index (χ1) is 12.4. The van der Waals surface area contributed by atoms with Crippen LogP contribution in [0.1, 0.15) is 38.2 Å². The highest BCUT2D eigenvalue weighted by atomic mass is 32.2. The second-order valence-corrected chi connectivity index (χ2v) is 9.52. The SMILES string of the molecule is Cc1ccc(S(=O)(=O)N2CC[NH+]([C@@H](C)C(=O)NC3CCCC3)CC2)cc1. The number of carbonyl (C=O) groups is 1. The Labute approximate surface area is 156 Å². The third-order valence-electron chi connectivity index (χ3n) is 5.73. The van der Waals surface area contributed by atoms with Gasteiger partial charge in [-0.2, -0.15) is 4.31 Å². The number of carbonyl (C=O) groups excluding carboxylic acids is 1. The van der Waals surface area contributed by atoms with Gasteiger partial charge in [0.2, 0.25) is 10.0 Å². The van der Waals surface area contributed by atoms with Crippen molar-refractivity contribution < 1.29 is 18.1 Å². The summed E-state index contributed by atoms with van der Waals surface area (Å²) in [7, 11) is -3.45. The molecule has 26 heavy (non-hydrogen) atoms. The minimum absolute atomic E-state index is 0.0988. The van der Waals surface area contributed by atoms with Gasteiger partial charge in [0.05, 0.1) is 31.1 Å². The molecule has 1 saturated carbocycles. The van der Waals surface area contributed by atoms with Gasteiger partial charge >= 0.3 is 0 Å². The largest absolute Gasteiger partial charge is 0.348 e. The Morgan fingerprint density at radius 2 is 1.73 bits per heavy atom. The zero-order chi connectivity index (χ0) is 18.7. The van der Waals surface area contributed by atoms with E-state index in [0.29, 0.717) is 37.1 Å². The maximum Gasteiger partial charge on any atom is 0.278 e. The lowest BCUT2D eigenvalue weighted by molar-refractivity contribution is -0.917. The minimum Gasteiger partial charge on any atom is -0.348 e. The van der Waals surface area contributed by atoms with Crippen LogP contribution in [0.2, 0.25) is 0 Å². The Morgan fingerprint density at radius 3 is 2.31 bits per heavy atom. The predicted molar refractivity (Wildman–Crippen MR) is 100 cm³/mol. The van der Waals surface area contributed by atoms with Gasteiger partial charge in [0.15, 0.2) is 6.04 Å². The predicted octanol–water partition coefficient (Wildman–Crippen LogP) is 0.332. The first-order valence-electron chi connectivity index (χ1n) is 9.59. The number of nitrogens with one attached hydrogen (secondary N) is 2. The van der Waals surface area contributed by atoms with E-state index in [1.165, 1.54) is 12.8 Å². The number of piperazine rings is 1. The van der Waals surface area contributed by atoms with Gasteiger partial charge in [-0.3, -0.25) is 4.79 Å². The molecule has 1 aliphatic carbocycles. The number of rotatable bonds is 5. The number of hydrogen-bond donors (Lipinski definition) is 2. The number of sulfonamides is 1. The summed E-state index contributed by atoms with van der Waals surface area (Å²) in [6, 6.07) is 7.17. The van der Waals surface area contributed by atoms with Crippen LogP contribution in [-0.4, -0.2) is 56.9 Å². The van der Waals surface area contributed by atoms with Crippen molar-refractivity contribution in [3.8, 4) is 0 Å². The molecule has 3 rings (SSSR count). The fourth-order valence-electron chi connectivity index (χ4n) is 3.89. The summed E-state index contributed by atoms with van der Waals surface area (Å²) in [5.41, 5.74) is 1.04. The Morgan fingerprint density at radius 1 is 1.15 bits per heavy atom. The zero-order valence-electron chi connectivity index (χ0n) is 15.7. The molecule has 1 heterocycles. The Balaban J connectivity index is 1.56. The van der Waals surface area contributed by atoms with Crippen molar-refractivity contribution in [2.24, 2.45) is 0 Å². The second kappa shape index (κ2) is 8.06. The molecule has 144 valence electrons. The van der Waals surface area contributed by atoms with Gasteiger partial charge in [0.25, 0.3) is 5.91 Å². The molecule has 2 N–H and O–H groups in total. The van der Waals surface area contributed by atoms with Crippen LogP contribution >= 0.6 is 0 Å². The molecule has 0 spiro atoms. The molecule has 6 nitrogen and oxygen atoms in total. The molecule has 2 fully saturated rings. The normalized spacial score (nSPS) is 21.6. The van der Waals surface area contributed by atoms with Gasteiger partial charge in [0, 0.05) is 6.04 Å². The van der Waals surface area contributed by atoms with E-state index in [-0.39, 0.29) is 11.9 Å². The highest BCUT2D eigenvalue weighted by molar-refractivity contribution is 7.89. The highest BCUT2D eigenvalue weighted by Crippen LogP contribution is 2.18. The Bertz CT molecular complexity index is 719. The van der Waals surface area contributed by atoms with Crippen molar-refractivity contribution in [1.82, 2.24) is 9.62 Å². The number of aryl methyl sites for hydroxylation is 1. The molecule has 1 aliphatic heterocycles. The van der Waals surface area contributed by atoms with E-state index in [4.69, 9.17) is 0 Å². The maximum atomic E-state index is 12.8. The van der Waals surface area contributed by atoms with E-state index in [2.05, 4.69) is 5.32 Å². The summed E-state index contributed by atoms with van der Waals surface area (Å²) < 4.78 is 27.1. The van der Waals surface area contributed by atoms with Crippen LogP contribution in [0.3, 0.4) is 0 Å². The van der Waals surface area contributed by atoms with Crippen molar-refractivity contribution in [2.45, 2.75) is 56.5 Å². The quantitative estimate of drug-likeness (QED) is 0.774. The summed E-state index contributed by atoms with van der Waals surface area (Å²) in [6.07, 6.45) is 4.55. The number of quaternary nitrogens is 1. The number of benzene rings is 1. The van der Waals surface area contributed by atoms with Gasteiger partial charge in [0.1, 0.15) is 0 Å². The van der Waals surface area contributed by atoms with Crippen LogP contribution in [-0.2, 0) is 14.8 Å². The van der Waals surface area contributed by atoms with Crippen molar-refractivity contribution in [2.75, 3.05) is 26.2 Å². The van der Waals surface area contributed by atoms with E-state index in [9.17, 15) is 13.2 Å². The average Bonchev–Trinajstić information content (AvgIpc) is 3.14. The summed E-state index contributed by atoms with van der Waals surface area (Å²) >= 11 is 0. The van der Waals surface area contributed by atoms with Crippen LogP contribution in [0.15, 0.2) is 29.2 Å². The van der Waals surface area contributed by atoms with Crippen molar-refractivity contribution >= 4 is 15.9 Å². The fourth-order valence-corrected chi connectivity index (χ4v) is 5.33. The second-order valence-electron chi connectivity index (χ2n) is 7.59. The topological polar surface area (TPSA) is 70.9 Å². The standard InChI is InChI=1S/C19H29N3O3S/c1-15-7-9-18(10-8-15)26(24,25)22-13-11-21(12-14-22)16(2)19(23)20-17-5-3-4-6-17/h7-10,16-17H,3-6,11-14H2,1-2H3,(H,20,23)/p+1/t16-/m0/s1. The third kappa shape index (κ3) is 4.27. The molecule has 0 bridgehead atoms. The molecule has 2 aliphatic rings. The molecule has 0 radical (unpaired) electrons. The minimum atomic E-state index is -3.45. The molecule has 1 amide bonds. The van der Waals surface area contributed by atoms with Gasteiger partial charge in [-0.05, 0) is 38.8 Å². The van der Waals surface area contributed by atoms with E-state index in [0.717, 1.165) is 23.3 Å². The number of hydrogen-bond acceptors (Lipinski definition) is 3. The molecule has 7 heteroatoms. The smallest absolute Gasteiger partial charge is 0.278 e. The lowest BCUT2D eigenvalue weighted by Crippen LogP contribution is -3.19. The first-order valence-corrected chi connectivity index (χ1v) is 11.0. The summed E-state index contributed by atoms with van der Waals surface area (Å²) in [5.74, 6) is 0.0988. The lowest BCUT2D eigenvalue weighted by Gasteiger charge is -2.34. The highest BCUT2D eigenvalue weighted by Gasteiger charge is 2.35. The van der Waals surface area contributed by atoms with Crippen molar-refractivity contribution in [1.29, 1.82) is 0 Å². The molecule has 1 aromatic rings. The zero-order valence-corrected chi connectivity index (χ0v) is 16.5. The van der Waals surface area contributed by atoms with E-state index in [1.807, 2.05) is 26.0 Å². The van der Waals surface area contributed by atoms with Crippen molar-refractivity contribution in [3.05, 3.63) is 29.8 Å². The van der Waals surface area contributed by atoms with Gasteiger partial charge in [-0.25, -0.2) is 8.42 Å². The van der Waals surface area contributed by atoms with E-state index in [1.54, 1.807) is 16.4 Å². The maximum absolute atomic E-state index is 12.8. The monoisotopic (exact) mass is 380 g/mol. The van der Waals surface area contributed by atoms with Crippen LogP contribution in [0.25, 0.3) is 0 Å². The summed E-state index contributed by atoms with van der Waals surface area (Å²) in [6.45, 7) is 6.11. The number of nitrogens with zero attached hydrogens (tertiary/aromatic N) is 1. The van der Waals surface area contributed by atoms with Crippen molar-refractivity contribution in [3.63, 3.8) is 0 Å². The first kappa shape index (κ1) is 19.3. The molecular weight excluding hydrogens is 350 g/mol. The Kier molecular flexibility index (Phi) is 5.99. The molecule has 0 aromatic heterocycles. The average molecular weight is 381 g/mol. The third-order valence-corrected chi connectivity index (χ3v) is 7.64. The van der Waals surface area contributed by atoms with E-state index < -0.39 is 10.0 Å². The lowest BCUT2D eigenvalue weighted by atomic mass is 10.2. The molecule has 1 aromatic carbocycles. The van der Waals surface area contributed by atoms with Gasteiger partial charge < -0.3 is 10.2 Å². The van der Waals surface area contributed by atoms with Crippen LogP contribution in [0.5, 0.6) is 0 Å². The Hall–Kier alpha value is -1.44. The molecular formula is C19H30N3O3S+.